The van der Waals surface area contributed by atoms with E-state index in [2.05, 4.69) is 14.9 Å². The summed E-state index contributed by atoms with van der Waals surface area (Å²) in [6.45, 7) is 1.90. The Balaban J connectivity index is 1.98. The molecule has 15 heavy (non-hydrogen) atoms. The van der Waals surface area contributed by atoms with Gasteiger partial charge in [-0.25, -0.2) is 4.98 Å². The standard InChI is InChI=1S/C11H14N4/c12-8-5-6-15(7-8)11-13-9-3-1-2-4-10(9)14-11/h1-4,8H,5-7,12H2,(H,13,14)/t8-/m0/s1. The summed E-state index contributed by atoms with van der Waals surface area (Å²) in [5, 5.41) is 0. The molecule has 1 atom stereocenters. The van der Waals surface area contributed by atoms with Crippen molar-refractivity contribution < 1.29 is 0 Å². The molecule has 78 valence electrons. The van der Waals surface area contributed by atoms with Gasteiger partial charge < -0.3 is 15.6 Å². The summed E-state index contributed by atoms with van der Waals surface area (Å²) >= 11 is 0. The lowest BCUT2D eigenvalue weighted by Gasteiger charge is -2.13. The Hall–Kier alpha value is -1.55. The molecule has 0 radical (unpaired) electrons. The molecule has 1 aromatic carbocycles. The topological polar surface area (TPSA) is 57.9 Å². The molecule has 2 heterocycles. The molecule has 0 unspecified atom stereocenters. The number of H-pyrrole nitrogens is 1. The van der Waals surface area contributed by atoms with Gasteiger partial charge in [0.2, 0.25) is 5.95 Å². The normalized spacial score (nSPS) is 21.4. The number of anilines is 1. The third-order valence-corrected chi connectivity index (χ3v) is 2.90. The van der Waals surface area contributed by atoms with Gasteiger partial charge >= 0.3 is 0 Å². The van der Waals surface area contributed by atoms with Gasteiger partial charge in [0.1, 0.15) is 0 Å². The number of para-hydroxylation sites is 2. The minimum Gasteiger partial charge on any atom is -0.341 e. The first-order chi connectivity index (χ1) is 7.33. The quantitative estimate of drug-likeness (QED) is 0.728. The van der Waals surface area contributed by atoms with Crippen LogP contribution in [0.5, 0.6) is 0 Å². The molecule has 1 saturated heterocycles. The second-order valence-electron chi connectivity index (χ2n) is 4.07. The Labute approximate surface area is 88.1 Å². The van der Waals surface area contributed by atoms with Gasteiger partial charge in [0.05, 0.1) is 11.0 Å². The Morgan fingerprint density at radius 3 is 3.00 bits per heavy atom. The van der Waals surface area contributed by atoms with Crippen LogP contribution >= 0.6 is 0 Å². The first-order valence-electron chi connectivity index (χ1n) is 5.28. The van der Waals surface area contributed by atoms with E-state index < -0.39 is 0 Å². The Bertz CT molecular complexity index is 443. The zero-order valence-electron chi connectivity index (χ0n) is 8.48. The fraction of sp³-hybridized carbons (Fsp3) is 0.364. The molecule has 0 amide bonds. The second kappa shape index (κ2) is 3.24. The van der Waals surface area contributed by atoms with Crippen molar-refractivity contribution in [2.45, 2.75) is 12.5 Å². The van der Waals surface area contributed by atoms with E-state index in [1.165, 1.54) is 0 Å². The van der Waals surface area contributed by atoms with E-state index >= 15 is 0 Å². The number of fused-ring (bicyclic) bond motifs is 1. The second-order valence-corrected chi connectivity index (χ2v) is 4.07. The number of benzene rings is 1. The number of hydrogen-bond acceptors (Lipinski definition) is 3. The molecule has 0 bridgehead atoms. The number of rotatable bonds is 1. The SMILES string of the molecule is N[C@H]1CCN(c2nc3ccccc3[nH]2)C1. The lowest BCUT2D eigenvalue weighted by Crippen LogP contribution is -2.26. The van der Waals surface area contributed by atoms with Crippen LogP contribution in [-0.2, 0) is 0 Å². The van der Waals surface area contributed by atoms with Gasteiger partial charge in [-0.15, -0.1) is 0 Å². The van der Waals surface area contributed by atoms with Crippen LogP contribution in [0.2, 0.25) is 0 Å². The van der Waals surface area contributed by atoms with Crippen LogP contribution in [0.1, 0.15) is 6.42 Å². The molecular formula is C11H14N4. The molecule has 3 N–H and O–H groups in total. The average Bonchev–Trinajstić information content (AvgIpc) is 2.82. The molecule has 1 aliphatic rings. The minimum absolute atomic E-state index is 0.290. The van der Waals surface area contributed by atoms with Crippen molar-refractivity contribution in [3.63, 3.8) is 0 Å². The number of nitrogens with one attached hydrogen (secondary N) is 1. The Morgan fingerprint density at radius 1 is 1.40 bits per heavy atom. The van der Waals surface area contributed by atoms with Gasteiger partial charge in [-0.05, 0) is 18.6 Å². The Morgan fingerprint density at radius 2 is 2.27 bits per heavy atom. The number of nitrogens with zero attached hydrogens (tertiary/aromatic N) is 2. The first kappa shape index (κ1) is 8.73. The van der Waals surface area contributed by atoms with E-state index in [1.54, 1.807) is 0 Å². The summed E-state index contributed by atoms with van der Waals surface area (Å²) in [6.07, 6.45) is 1.05. The van der Waals surface area contributed by atoms with Gasteiger partial charge in [0.25, 0.3) is 0 Å². The van der Waals surface area contributed by atoms with Gasteiger partial charge in [-0.3, -0.25) is 0 Å². The highest BCUT2D eigenvalue weighted by Crippen LogP contribution is 2.20. The van der Waals surface area contributed by atoms with Crippen LogP contribution in [0.3, 0.4) is 0 Å². The van der Waals surface area contributed by atoms with Crippen molar-refractivity contribution >= 4 is 17.0 Å². The zero-order valence-corrected chi connectivity index (χ0v) is 8.48. The van der Waals surface area contributed by atoms with Crippen LogP contribution < -0.4 is 10.6 Å². The van der Waals surface area contributed by atoms with Crippen LogP contribution in [0.4, 0.5) is 5.95 Å². The summed E-state index contributed by atoms with van der Waals surface area (Å²) in [6, 6.07) is 8.37. The molecule has 0 aliphatic carbocycles. The number of aromatic nitrogens is 2. The fourth-order valence-electron chi connectivity index (χ4n) is 2.07. The molecule has 4 heteroatoms. The van der Waals surface area contributed by atoms with Crippen molar-refractivity contribution in [3.8, 4) is 0 Å². The maximum atomic E-state index is 5.87. The monoisotopic (exact) mass is 202 g/mol. The van der Waals surface area contributed by atoms with Crippen LogP contribution in [0.25, 0.3) is 11.0 Å². The smallest absolute Gasteiger partial charge is 0.203 e. The molecule has 1 aromatic heterocycles. The van der Waals surface area contributed by atoms with Crippen molar-refractivity contribution in [2.24, 2.45) is 5.73 Å². The van der Waals surface area contributed by atoms with Crippen molar-refractivity contribution in [2.75, 3.05) is 18.0 Å². The fourth-order valence-corrected chi connectivity index (χ4v) is 2.07. The zero-order chi connectivity index (χ0) is 10.3. The third kappa shape index (κ3) is 1.47. The van der Waals surface area contributed by atoms with E-state index in [9.17, 15) is 0 Å². The van der Waals surface area contributed by atoms with Crippen molar-refractivity contribution in [1.82, 2.24) is 9.97 Å². The summed E-state index contributed by atoms with van der Waals surface area (Å²) in [5.74, 6) is 0.948. The van der Waals surface area contributed by atoms with E-state index in [0.29, 0.717) is 6.04 Å². The highest BCUT2D eigenvalue weighted by Gasteiger charge is 2.21. The average molecular weight is 202 g/mol. The molecule has 2 aromatic rings. The largest absolute Gasteiger partial charge is 0.341 e. The number of aromatic amines is 1. The van der Waals surface area contributed by atoms with Crippen molar-refractivity contribution in [3.05, 3.63) is 24.3 Å². The maximum Gasteiger partial charge on any atom is 0.203 e. The number of nitrogens with two attached hydrogens (primary N) is 1. The molecule has 3 rings (SSSR count). The van der Waals surface area contributed by atoms with Crippen LogP contribution in [0.15, 0.2) is 24.3 Å². The van der Waals surface area contributed by atoms with Crippen LogP contribution in [0, 0.1) is 0 Å². The lowest BCUT2D eigenvalue weighted by atomic mass is 10.3. The predicted molar refractivity (Wildman–Crippen MR) is 60.9 cm³/mol. The van der Waals surface area contributed by atoms with Gasteiger partial charge in [0, 0.05) is 19.1 Å². The number of imidazole rings is 1. The van der Waals surface area contributed by atoms with Gasteiger partial charge in [-0.1, -0.05) is 12.1 Å². The van der Waals surface area contributed by atoms with E-state index in [1.807, 2.05) is 24.3 Å². The van der Waals surface area contributed by atoms with Gasteiger partial charge in [-0.2, -0.15) is 0 Å². The third-order valence-electron chi connectivity index (χ3n) is 2.90. The Kier molecular flexibility index (Phi) is 1.89. The molecular weight excluding hydrogens is 188 g/mol. The molecule has 0 spiro atoms. The van der Waals surface area contributed by atoms with Crippen molar-refractivity contribution in [1.29, 1.82) is 0 Å². The summed E-state index contributed by atoms with van der Waals surface area (Å²) in [4.78, 5) is 10.1. The summed E-state index contributed by atoms with van der Waals surface area (Å²) in [7, 11) is 0. The number of hydrogen-bond donors (Lipinski definition) is 2. The minimum atomic E-state index is 0.290. The lowest BCUT2D eigenvalue weighted by molar-refractivity contribution is 0.751. The molecule has 1 aliphatic heterocycles. The van der Waals surface area contributed by atoms with Gasteiger partial charge in [0.15, 0.2) is 0 Å². The highest BCUT2D eigenvalue weighted by molar-refractivity contribution is 5.77. The molecule has 1 fully saturated rings. The first-order valence-corrected chi connectivity index (χ1v) is 5.28. The maximum absolute atomic E-state index is 5.87. The summed E-state index contributed by atoms with van der Waals surface area (Å²) < 4.78 is 0. The highest BCUT2D eigenvalue weighted by atomic mass is 15.3. The van der Waals surface area contributed by atoms with E-state index in [4.69, 9.17) is 5.73 Å². The summed E-state index contributed by atoms with van der Waals surface area (Å²) in [5.41, 5.74) is 7.99. The predicted octanol–water partition coefficient (Wildman–Crippen LogP) is 1.10. The molecule has 4 nitrogen and oxygen atoms in total. The van der Waals surface area contributed by atoms with Crippen LogP contribution in [-0.4, -0.2) is 29.1 Å². The molecule has 0 saturated carbocycles. The van der Waals surface area contributed by atoms with E-state index in [0.717, 1.165) is 36.5 Å². The van der Waals surface area contributed by atoms with E-state index in [-0.39, 0.29) is 0 Å².